The molecule has 1 heterocycles. The number of β-amino-alcohol motifs (C(OH)–C–C–N with tert-alkyl or cyclic N) is 1. The van der Waals surface area contributed by atoms with Crippen molar-refractivity contribution in [2.45, 2.75) is 296 Å². The Hall–Kier alpha value is -0.400. The van der Waals surface area contributed by atoms with E-state index in [-0.39, 0.29) is 18.3 Å². The molecule has 5 unspecified atom stereocenters. The highest BCUT2D eigenvalue weighted by Crippen LogP contribution is 2.17. The molecule has 0 aromatic rings. The maximum Gasteiger partial charge on any atom is 0.0667 e. The van der Waals surface area contributed by atoms with Crippen LogP contribution in [0.15, 0.2) is 0 Å². The van der Waals surface area contributed by atoms with E-state index in [2.05, 4.69) is 52.2 Å². The minimum Gasteiger partial charge on any atom is -0.392 e. The number of hydrogen-bond donors (Lipinski definition) is 5. The molecule has 71 heavy (non-hydrogen) atoms. The summed E-state index contributed by atoms with van der Waals surface area (Å²) in [6.07, 6.45) is 42.2. The van der Waals surface area contributed by atoms with Gasteiger partial charge in [0.2, 0.25) is 0 Å². The van der Waals surface area contributed by atoms with E-state index in [0.717, 1.165) is 123 Å². The highest BCUT2D eigenvalue weighted by molar-refractivity contribution is 4.78. The number of rotatable bonds is 55. The van der Waals surface area contributed by atoms with Crippen LogP contribution >= 0.6 is 0 Å². The van der Waals surface area contributed by atoms with Gasteiger partial charge >= 0.3 is 0 Å². The van der Waals surface area contributed by atoms with Crippen molar-refractivity contribution in [3.63, 3.8) is 0 Å². The zero-order valence-electron chi connectivity index (χ0n) is 48.4. The second kappa shape index (κ2) is 50.4. The van der Waals surface area contributed by atoms with Crippen LogP contribution in [-0.2, 0) is 0 Å². The first-order valence-corrected chi connectivity index (χ1v) is 31.6. The van der Waals surface area contributed by atoms with Gasteiger partial charge in [0.1, 0.15) is 0 Å². The molecule has 0 spiro atoms. The number of hydrogen-bond acceptors (Lipinski definition) is 10. The predicted molar refractivity (Wildman–Crippen MR) is 307 cm³/mol. The molecular formula is C61H127N5O5. The molecule has 426 valence electrons. The summed E-state index contributed by atoms with van der Waals surface area (Å²) in [7, 11) is 0. The third kappa shape index (κ3) is 44.4. The highest BCUT2D eigenvalue weighted by Gasteiger charge is 2.23. The molecule has 0 aromatic heterocycles. The first kappa shape index (κ1) is 68.6. The van der Waals surface area contributed by atoms with Crippen molar-refractivity contribution >= 4 is 0 Å². The van der Waals surface area contributed by atoms with Crippen LogP contribution < -0.4 is 0 Å². The van der Waals surface area contributed by atoms with Gasteiger partial charge in [0.25, 0.3) is 0 Å². The van der Waals surface area contributed by atoms with E-state index in [9.17, 15) is 25.5 Å². The molecule has 10 nitrogen and oxygen atoms in total. The fraction of sp³-hybridized carbons (Fsp3) is 1.00. The van der Waals surface area contributed by atoms with Gasteiger partial charge in [-0.1, -0.05) is 233 Å². The second-order valence-electron chi connectivity index (χ2n) is 23.0. The van der Waals surface area contributed by atoms with E-state index < -0.39 is 12.2 Å². The van der Waals surface area contributed by atoms with E-state index in [1.165, 1.54) is 180 Å². The largest absolute Gasteiger partial charge is 0.392 e. The Bertz CT molecular complexity index is 1070. The van der Waals surface area contributed by atoms with E-state index in [4.69, 9.17) is 0 Å². The van der Waals surface area contributed by atoms with E-state index in [1.807, 2.05) is 6.92 Å². The lowest BCUT2D eigenvalue weighted by Gasteiger charge is -2.37. The SMILES string of the molecule is CCCCCCCCCCC(O)CN1CCN(CCN(CCN(CCN(CC(C)O)CC(O)CCCCCCCCCC)CC(O)CCCCCCCCCC)CC(O)CCCCCCCCCC)CC1. The Kier molecular flexibility index (Phi) is 48.7. The summed E-state index contributed by atoms with van der Waals surface area (Å²) in [6.45, 7) is 23.2. The van der Waals surface area contributed by atoms with Crippen LogP contribution in [0.25, 0.3) is 0 Å². The minimum absolute atomic E-state index is 0.231. The Morgan fingerprint density at radius 3 is 0.915 bits per heavy atom. The highest BCUT2D eigenvalue weighted by atomic mass is 16.3. The van der Waals surface area contributed by atoms with Crippen molar-refractivity contribution < 1.29 is 25.5 Å². The molecule has 1 rings (SSSR count). The van der Waals surface area contributed by atoms with Crippen molar-refractivity contribution in [2.75, 3.05) is 98.2 Å². The molecule has 0 aliphatic carbocycles. The number of piperazine rings is 1. The molecule has 1 aliphatic heterocycles. The number of aliphatic hydroxyl groups excluding tert-OH is 5. The summed E-state index contributed by atoms with van der Waals surface area (Å²) in [6, 6.07) is 0. The summed E-state index contributed by atoms with van der Waals surface area (Å²) in [5.74, 6) is 0. The van der Waals surface area contributed by atoms with Crippen LogP contribution in [0.2, 0.25) is 0 Å². The van der Waals surface area contributed by atoms with Crippen LogP contribution in [0.4, 0.5) is 0 Å². The summed E-state index contributed by atoms with van der Waals surface area (Å²) in [4.78, 5) is 12.2. The van der Waals surface area contributed by atoms with Gasteiger partial charge in [-0.25, -0.2) is 0 Å². The van der Waals surface area contributed by atoms with Crippen LogP contribution in [0.5, 0.6) is 0 Å². The zero-order chi connectivity index (χ0) is 51.8. The molecule has 1 saturated heterocycles. The summed E-state index contributed by atoms with van der Waals surface area (Å²) < 4.78 is 0. The molecule has 5 atom stereocenters. The number of nitrogens with zero attached hydrogens (tertiary/aromatic N) is 5. The van der Waals surface area contributed by atoms with Crippen molar-refractivity contribution in [3.05, 3.63) is 0 Å². The smallest absolute Gasteiger partial charge is 0.0667 e. The van der Waals surface area contributed by atoms with Gasteiger partial charge in [-0.3, -0.25) is 24.5 Å². The van der Waals surface area contributed by atoms with Gasteiger partial charge in [0.15, 0.2) is 0 Å². The molecule has 0 saturated carbocycles. The van der Waals surface area contributed by atoms with E-state index >= 15 is 0 Å². The lowest BCUT2D eigenvalue weighted by molar-refractivity contribution is 0.0457. The van der Waals surface area contributed by atoms with Gasteiger partial charge < -0.3 is 25.5 Å². The van der Waals surface area contributed by atoms with Crippen LogP contribution in [0.1, 0.15) is 266 Å². The molecule has 1 aliphatic rings. The van der Waals surface area contributed by atoms with Crippen molar-refractivity contribution in [1.29, 1.82) is 0 Å². The molecule has 5 N–H and O–H groups in total. The molecule has 0 aromatic carbocycles. The van der Waals surface area contributed by atoms with E-state index in [1.54, 1.807) is 0 Å². The summed E-state index contributed by atoms with van der Waals surface area (Å²) in [5, 5.41) is 55.6. The molecule has 0 bridgehead atoms. The Labute approximate surface area is 442 Å². The van der Waals surface area contributed by atoms with Gasteiger partial charge in [0, 0.05) is 98.2 Å². The quantitative estimate of drug-likeness (QED) is 0.0377. The van der Waals surface area contributed by atoms with Crippen LogP contribution in [-0.4, -0.2) is 179 Å². The molecular weight excluding hydrogens is 883 g/mol. The minimum atomic E-state index is -0.476. The maximum absolute atomic E-state index is 11.5. The third-order valence-corrected chi connectivity index (χ3v) is 15.6. The molecule has 10 heteroatoms. The van der Waals surface area contributed by atoms with Gasteiger partial charge in [0.05, 0.1) is 30.5 Å². The van der Waals surface area contributed by atoms with Gasteiger partial charge in [-0.2, -0.15) is 0 Å². The van der Waals surface area contributed by atoms with Crippen LogP contribution in [0, 0.1) is 0 Å². The van der Waals surface area contributed by atoms with Gasteiger partial charge in [-0.15, -0.1) is 0 Å². The Morgan fingerprint density at radius 1 is 0.310 bits per heavy atom. The average molecular weight is 1010 g/mol. The number of unbranched alkanes of at least 4 members (excludes halogenated alkanes) is 28. The first-order chi connectivity index (χ1) is 34.6. The summed E-state index contributed by atoms with van der Waals surface area (Å²) in [5.41, 5.74) is 0. The van der Waals surface area contributed by atoms with Crippen molar-refractivity contribution in [1.82, 2.24) is 24.5 Å². The predicted octanol–water partition coefficient (Wildman–Crippen LogP) is 12.5. The van der Waals surface area contributed by atoms with Gasteiger partial charge in [-0.05, 0) is 32.6 Å². The monoisotopic (exact) mass is 1010 g/mol. The fourth-order valence-electron chi connectivity index (χ4n) is 10.9. The molecule has 0 amide bonds. The van der Waals surface area contributed by atoms with Crippen molar-refractivity contribution in [2.24, 2.45) is 0 Å². The first-order valence-electron chi connectivity index (χ1n) is 31.6. The number of aliphatic hydroxyl groups is 5. The molecule has 0 radical (unpaired) electrons. The van der Waals surface area contributed by atoms with E-state index in [0.29, 0.717) is 26.2 Å². The van der Waals surface area contributed by atoms with Crippen LogP contribution in [0.3, 0.4) is 0 Å². The second-order valence-corrected chi connectivity index (χ2v) is 23.0. The summed E-state index contributed by atoms with van der Waals surface area (Å²) >= 11 is 0. The lowest BCUT2D eigenvalue weighted by atomic mass is 10.1. The average Bonchev–Trinajstić information content (AvgIpc) is 3.34. The maximum atomic E-state index is 11.5. The zero-order valence-corrected chi connectivity index (χ0v) is 48.4. The third-order valence-electron chi connectivity index (χ3n) is 15.6. The normalized spacial score (nSPS) is 16.2. The topological polar surface area (TPSA) is 117 Å². The standard InChI is InChI=1S/C61H127N5O5/c1-6-10-14-18-22-26-30-34-38-58(68)53-63-45-42-62(43-46-63)44-47-64(54-59(69)39-35-31-27-23-19-15-11-7-2)48-49-65(55-60(70)40-36-32-28-24-20-16-12-8-3)50-51-66(52-57(5)67)56-61(71)41-37-33-29-25-21-17-13-9-4/h57-61,67-71H,6-56H2,1-5H3. The Balaban J connectivity index is 2.93. The Morgan fingerprint density at radius 2 is 0.577 bits per heavy atom. The molecule has 1 fully saturated rings. The van der Waals surface area contributed by atoms with Crippen molar-refractivity contribution in [3.8, 4) is 0 Å². The lowest BCUT2D eigenvalue weighted by Crippen LogP contribution is -2.51. The fourth-order valence-corrected chi connectivity index (χ4v) is 10.9.